The maximum Gasteiger partial charge on any atom is 0.132 e. The predicted molar refractivity (Wildman–Crippen MR) is 70.1 cm³/mol. The summed E-state index contributed by atoms with van der Waals surface area (Å²) in [5, 5.41) is 4.59. The van der Waals surface area contributed by atoms with Gasteiger partial charge >= 0.3 is 0 Å². The lowest BCUT2D eigenvalue weighted by Gasteiger charge is -1.99. The zero-order chi connectivity index (χ0) is 12.3. The molecule has 0 radical (unpaired) electrons. The lowest BCUT2D eigenvalue weighted by atomic mass is 10.2. The Hall–Kier alpha value is -0.970. The molecule has 0 atom stereocenters. The third kappa shape index (κ3) is 3.03. The Bertz CT molecular complexity index is 513. The fourth-order valence-electron chi connectivity index (χ4n) is 1.47. The van der Waals surface area contributed by atoms with Gasteiger partial charge in [0.1, 0.15) is 5.82 Å². The van der Waals surface area contributed by atoms with Crippen LogP contribution in [0.3, 0.4) is 0 Å². The summed E-state index contributed by atoms with van der Waals surface area (Å²) < 4.78 is 13.6. The first kappa shape index (κ1) is 12.5. The third-order valence-corrected chi connectivity index (χ3v) is 3.66. The number of nitrogens with zero attached hydrogens (tertiary/aromatic N) is 1. The minimum Gasteiger partial charge on any atom is -0.319 e. The summed E-state index contributed by atoms with van der Waals surface area (Å²) in [5.74, 6) is -0.266. The Labute approximate surface area is 108 Å². The van der Waals surface area contributed by atoms with E-state index in [9.17, 15) is 4.39 Å². The number of likely N-dealkylation sites (N-methyl/N-ethyl adjacent to an activating group) is 1. The average Bonchev–Trinajstić information content (AvgIpc) is 2.78. The van der Waals surface area contributed by atoms with Crippen LogP contribution in [0, 0.1) is 5.82 Å². The van der Waals surface area contributed by atoms with Gasteiger partial charge in [-0.2, -0.15) is 0 Å². The molecule has 90 valence electrons. The molecular formula is C12H12ClFN2S. The maximum atomic E-state index is 13.6. The van der Waals surface area contributed by atoms with Gasteiger partial charge in [0.05, 0.1) is 9.88 Å². The zero-order valence-corrected chi connectivity index (χ0v) is 10.9. The molecule has 0 saturated carbocycles. The summed E-state index contributed by atoms with van der Waals surface area (Å²) >= 11 is 7.36. The first-order chi connectivity index (χ1) is 8.20. The van der Waals surface area contributed by atoms with Crippen molar-refractivity contribution in [1.82, 2.24) is 10.3 Å². The molecule has 2 nitrogen and oxygen atoms in total. The van der Waals surface area contributed by atoms with Crippen molar-refractivity contribution in [2.24, 2.45) is 0 Å². The highest BCUT2D eigenvalue weighted by Crippen LogP contribution is 2.30. The molecule has 2 aromatic rings. The van der Waals surface area contributed by atoms with Gasteiger partial charge in [-0.15, -0.1) is 11.3 Å². The molecular weight excluding hydrogens is 259 g/mol. The first-order valence-corrected chi connectivity index (χ1v) is 6.45. The van der Waals surface area contributed by atoms with E-state index in [0.29, 0.717) is 10.6 Å². The van der Waals surface area contributed by atoms with Gasteiger partial charge < -0.3 is 5.32 Å². The van der Waals surface area contributed by atoms with Gasteiger partial charge in [0.15, 0.2) is 0 Å². The van der Waals surface area contributed by atoms with Crippen LogP contribution in [0.1, 0.15) is 5.01 Å². The van der Waals surface area contributed by atoms with Crippen LogP contribution in [0.2, 0.25) is 5.02 Å². The highest BCUT2D eigenvalue weighted by molar-refractivity contribution is 7.15. The topological polar surface area (TPSA) is 24.9 Å². The molecule has 0 unspecified atom stereocenters. The zero-order valence-electron chi connectivity index (χ0n) is 9.34. The summed E-state index contributed by atoms with van der Waals surface area (Å²) in [4.78, 5) is 5.09. The van der Waals surface area contributed by atoms with Crippen LogP contribution in [0.15, 0.2) is 24.4 Å². The highest BCUT2D eigenvalue weighted by atomic mass is 35.5. The number of thiazole rings is 1. The Morgan fingerprint density at radius 1 is 1.47 bits per heavy atom. The van der Waals surface area contributed by atoms with Crippen molar-refractivity contribution in [1.29, 1.82) is 0 Å². The molecule has 2 rings (SSSR count). The molecule has 0 aliphatic heterocycles. The predicted octanol–water partition coefficient (Wildman–Crippen LogP) is 3.36. The van der Waals surface area contributed by atoms with Crippen molar-refractivity contribution in [3.8, 4) is 10.4 Å². The molecule has 0 aliphatic carbocycles. The van der Waals surface area contributed by atoms with Gasteiger partial charge in [-0.05, 0) is 25.2 Å². The fourth-order valence-corrected chi connectivity index (χ4v) is 2.58. The molecule has 0 aliphatic rings. The quantitative estimate of drug-likeness (QED) is 0.921. The molecule has 0 fully saturated rings. The van der Waals surface area contributed by atoms with Gasteiger partial charge in [0, 0.05) is 29.7 Å². The van der Waals surface area contributed by atoms with Crippen molar-refractivity contribution in [3.63, 3.8) is 0 Å². The van der Waals surface area contributed by atoms with Gasteiger partial charge in [-0.25, -0.2) is 9.37 Å². The smallest absolute Gasteiger partial charge is 0.132 e. The van der Waals surface area contributed by atoms with E-state index in [0.717, 1.165) is 22.9 Å². The highest BCUT2D eigenvalue weighted by Gasteiger charge is 2.09. The first-order valence-electron chi connectivity index (χ1n) is 5.25. The number of benzene rings is 1. The minimum absolute atomic E-state index is 0.266. The molecule has 0 spiro atoms. The van der Waals surface area contributed by atoms with Crippen molar-refractivity contribution in [2.45, 2.75) is 6.42 Å². The molecule has 0 saturated heterocycles. The third-order valence-electron chi connectivity index (χ3n) is 2.34. The number of nitrogens with one attached hydrogen (secondary N) is 1. The molecule has 1 aromatic carbocycles. The second-order valence-corrected chi connectivity index (χ2v) is 5.15. The Balaban J connectivity index is 2.27. The van der Waals surface area contributed by atoms with Crippen molar-refractivity contribution in [2.75, 3.05) is 13.6 Å². The van der Waals surface area contributed by atoms with Crippen LogP contribution in [-0.2, 0) is 6.42 Å². The monoisotopic (exact) mass is 270 g/mol. The Kier molecular flexibility index (Phi) is 4.10. The van der Waals surface area contributed by atoms with E-state index in [-0.39, 0.29) is 5.82 Å². The fraction of sp³-hybridized carbons (Fsp3) is 0.250. The van der Waals surface area contributed by atoms with Crippen molar-refractivity contribution >= 4 is 22.9 Å². The van der Waals surface area contributed by atoms with E-state index in [2.05, 4.69) is 10.3 Å². The number of aromatic nitrogens is 1. The number of hydrogen-bond donors (Lipinski definition) is 1. The van der Waals surface area contributed by atoms with E-state index in [4.69, 9.17) is 11.6 Å². The lowest BCUT2D eigenvalue weighted by molar-refractivity contribution is 0.631. The van der Waals surface area contributed by atoms with E-state index < -0.39 is 0 Å². The SMILES string of the molecule is CNCCc1ncc(-c2cc(Cl)ccc2F)s1. The van der Waals surface area contributed by atoms with E-state index in [1.165, 1.54) is 17.4 Å². The molecule has 0 amide bonds. The summed E-state index contributed by atoms with van der Waals surface area (Å²) in [6, 6.07) is 4.56. The van der Waals surface area contributed by atoms with Crippen LogP contribution in [0.4, 0.5) is 4.39 Å². The van der Waals surface area contributed by atoms with Gasteiger partial charge in [-0.1, -0.05) is 11.6 Å². The van der Waals surface area contributed by atoms with Crippen LogP contribution in [0.5, 0.6) is 0 Å². The second-order valence-electron chi connectivity index (χ2n) is 3.60. The largest absolute Gasteiger partial charge is 0.319 e. The normalized spacial score (nSPS) is 10.8. The molecule has 5 heteroatoms. The molecule has 0 bridgehead atoms. The maximum absolute atomic E-state index is 13.6. The van der Waals surface area contributed by atoms with Gasteiger partial charge in [-0.3, -0.25) is 0 Å². The molecule has 1 N–H and O–H groups in total. The standard InChI is InChI=1S/C12H12ClFN2S/c1-15-5-4-12-16-7-11(17-12)9-6-8(13)2-3-10(9)14/h2-3,6-7,15H,4-5H2,1H3. The average molecular weight is 271 g/mol. The summed E-state index contributed by atoms with van der Waals surface area (Å²) in [7, 11) is 1.89. The van der Waals surface area contributed by atoms with E-state index >= 15 is 0 Å². The summed E-state index contributed by atoms with van der Waals surface area (Å²) in [5.41, 5.74) is 0.519. The second kappa shape index (κ2) is 5.58. The van der Waals surface area contributed by atoms with Crippen molar-refractivity contribution < 1.29 is 4.39 Å². The van der Waals surface area contributed by atoms with Gasteiger partial charge in [0.25, 0.3) is 0 Å². The summed E-state index contributed by atoms with van der Waals surface area (Å²) in [6.45, 7) is 0.866. The van der Waals surface area contributed by atoms with Crippen LogP contribution in [-0.4, -0.2) is 18.6 Å². The number of hydrogen-bond acceptors (Lipinski definition) is 3. The molecule has 17 heavy (non-hydrogen) atoms. The molecule has 1 heterocycles. The Morgan fingerprint density at radius 3 is 3.06 bits per heavy atom. The summed E-state index contributed by atoms with van der Waals surface area (Å²) in [6.07, 6.45) is 2.55. The van der Waals surface area contributed by atoms with Crippen LogP contribution >= 0.6 is 22.9 Å². The lowest BCUT2D eigenvalue weighted by Crippen LogP contribution is -2.09. The van der Waals surface area contributed by atoms with Crippen LogP contribution < -0.4 is 5.32 Å². The molecule has 1 aromatic heterocycles. The number of rotatable bonds is 4. The number of halogens is 2. The van der Waals surface area contributed by atoms with Crippen molar-refractivity contribution in [3.05, 3.63) is 40.2 Å². The Morgan fingerprint density at radius 2 is 2.29 bits per heavy atom. The van der Waals surface area contributed by atoms with E-state index in [1.54, 1.807) is 18.3 Å². The van der Waals surface area contributed by atoms with Crippen LogP contribution in [0.25, 0.3) is 10.4 Å². The van der Waals surface area contributed by atoms with E-state index in [1.807, 2.05) is 7.05 Å². The van der Waals surface area contributed by atoms with Gasteiger partial charge in [0.2, 0.25) is 0 Å². The minimum atomic E-state index is -0.266.